The Kier molecular flexibility index (Phi) is 7.35. The number of nitrogens with zero attached hydrogens (tertiary/aromatic N) is 3. The second-order valence-corrected chi connectivity index (χ2v) is 10.2. The molecule has 1 amide bonds. The molecule has 1 aromatic carbocycles. The van der Waals surface area contributed by atoms with E-state index in [9.17, 15) is 18.0 Å². The molecule has 2 aromatic rings. The Balaban J connectivity index is 1.46. The van der Waals surface area contributed by atoms with E-state index in [2.05, 4.69) is 24.1 Å². The maximum atomic E-state index is 12.8. The van der Waals surface area contributed by atoms with E-state index in [0.717, 1.165) is 0 Å². The third-order valence-corrected chi connectivity index (χ3v) is 7.45. The first kappa shape index (κ1) is 23.9. The molecular weight excluding hydrogens is 432 g/mol. The lowest BCUT2D eigenvalue weighted by atomic mass is 9.98. The highest BCUT2D eigenvalue weighted by Crippen LogP contribution is 2.24. The summed E-state index contributed by atoms with van der Waals surface area (Å²) < 4.78 is 33.7. The standard InChI is InChI=1S/C22H30N4O5S/c1-15(2)17-5-7-19(8-6-17)24-20(27)14-31-22(28)18-9-11-26(12-10-18)32(29,30)21-13-25(4)16(3)23-21/h5-8,13,15,18H,9-12,14H2,1-4H3,(H,24,27). The molecule has 1 aliphatic heterocycles. The fourth-order valence-corrected chi connectivity index (χ4v) is 5.01. The smallest absolute Gasteiger partial charge is 0.309 e. The molecule has 1 saturated heterocycles. The summed E-state index contributed by atoms with van der Waals surface area (Å²) in [7, 11) is -1.96. The van der Waals surface area contributed by atoms with Gasteiger partial charge >= 0.3 is 5.97 Å². The molecule has 0 radical (unpaired) electrons. The van der Waals surface area contributed by atoms with Gasteiger partial charge in [0, 0.05) is 32.0 Å². The van der Waals surface area contributed by atoms with E-state index in [1.165, 1.54) is 16.1 Å². The van der Waals surface area contributed by atoms with Crippen molar-refractivity contribution in [1.29, 1.82) is 0 Å². The summed E-state index contributed by atoms with van der Waals surface area (Å²) in [5, 5.41) is 2.72. The van der Waals surface area contributed by atoms with Crippen LogP contribution in [0, 0.1) is 12.8 Å². The summed E-state index contributed by atoms with van der Waals surface area (Å²) in [5.74, 6) is -0.335. The first-order valence-electron chi connectivity index (χ1n) is 10.6. The van der Waals surface area contributed by atoms with Gasteiger partial charge < -0.3 is 14.6 Å². The molecular formula is C22H30N4O5S. The Hall–Kier alpha value is -2.72. The molecule has 10 heteroatoms. The first-order valence-corrected chi connectivity index (χ1v) is 12.1. The van der Waals surface area contributed by atoms with Crippen LogP contribution in [0.5, 0.6) is 0 Å². The van der Waals surface area contributed by atoms with Crippen molar-refractivity contribution in [3.63, 3.8) is 0 Å². The van der Waals surface area contributed by atoms with E-state index in [1.807, 2.05) is 24.3 Å². The molecule has 174 valence electrons. The van der Waals surface area contributed by atoms with Gasteiger partial charge in [-0.2, -0.15) is 4.31 Å². The molecule has 32 heavy (non-hydrogen) atoms. The van der Waals surface area contributed by atoms with E-state index in [4.69, 9.17) is 4.74 Å². The summed E-state index contributed by atoms with van der Waals surface area (Å²) in [6.45, 7) is 5.94. The average molecular weight is 463 g/mol. The number of piperidine rings is 1. The normalized spacial score (nSPS) is 15.7. The van der Waals surface area contributed by atoms with E-state index < -0.39 is 27.8 Å². The Morgan fingerprint density at radius 2 is 1.81 bits per heavy atom. The summed E-state index contributed by atoms with van der Waals surface area (Å²) >= 11 is 0. The second-order valence-electron chi connectivity index (χ2n) is 8.35. The second kappa shape index (κ2) is 9.83. The molecule has 1 aliphatic rings. The van der Waals surface area contributed by atoms with Gasteiger partial charge in [0.05, 0.1) is 5.92 Å². The van der Waals surface area contributed by atoms with E-state index in [-0.39, 0.29) is 24.7 Å². The predicted molar refractivity (Wildman–Crippen MR) is 120 cm³/mol. The Bertz CT molecular complexity index is 1050. The van der Waals surface area contributed by atoms with Gasteiger partial charge in [-0.3, -0.25) is 9.59 Å². The number of sulfonamides is 1. The molecule has 0 unspecified atom stereocenters. The van der Waals surface area contributed by atoms with Gasteiger partial charge in [-0.05, 0) is 43.4 Å². The van der Waals surface area contributed by atoms with Crippen LogP contribution >= 0.6 is 0 Å². The number of imidazole rings is 1. The highest BCUT2D eigenvalue weighted by molar-refractivity contribution is 7.89. The van der Waals surface area contributed by atoms with Gasteiger partial charge in [-0.1, -0.05) is 26.0 Å². The maximum absolute atomic E-state index is 12.8. The number of rotatable bonds is 7. The molecule has 0 bridgehead atoms. The van der Waals surface area contributed by atoms with Crippen molar-refractivity contribution in [3.8, 4) is 0 Å². The van der Waals surface area contributed by atoms with Gasteiger partial charge in [0.25, 0.3) is 15.9 Å². The zero-order valence-corrected chi connectivity index (χ0v) is 19.7. The maximum Gasteiger partial charge on any atom is 0.309 e. The molecule has 1 N–H and O–H groups in total. The van der Waals surface area contributed by atoms with Crippen LogP contribution in [0.25, 0.3) is 0 Å². The van der Waals surface area contributed by atoms with E-state index in [1.54, 1.807) is 18.5 Å². The van der Waals surface area contributed by atoms with Crippen LogP contribution in [0.3, 0.4) is 0 Å². The molecule has 3 rings (SSSR count). The fraction of sp³-hybridized carbons (Fsp3) is 0.500. The molecule has 9 nitrogen and oxygen atoms in total. The zero-order valence-electron chi connectivity index (χ0n) is 18.9. The molecule has 2 heterocycles. The van der Waals surface area contributed by atoms with Gasteiger partial charge in [-0.15, -0.1) is 0 Å². The number of ether oxygens (including phenoxy) is 1. The number of aryl methyl sites for hydroxylation is 2. The lowest BCUT2D eigenvalue weighted by molar-refractivity contribution is -0.152. The van der Waals surface area contributed by atoms with Crippen molar-refractivity contribution in [2.75, 3.05) is 25.0 Å². The Morgan fingerprint density at radius 3 is 2.34 bits per heavy atom. The lowest BCUT2D eigenvalue weighted by Gasteiger charge is -2.29. The van der Waals surface area contributed by atoms with Crippen LogP contribution in [-0.4, -0.2) is 53.8 Å². The summed E-state index contributed by atoms with van der Waals surface area (Å²) in [4.78, 5) is 28.6. The summed E-state index contributed by atoms with van der Waals surface area (Å²) in [6, 6.07) is 7.52. The lowest BCUT2D eigenvalue weighted by Crippen LogP contribution is -2.41. The summed E-state index contributed by atoms with van der Waals surface area (Å²) in [6.07, 6.45) is 2.16. The average Bonchev–Trinajstić information content (AvgIpc) is 3.11. The van der Waals surface area contributed by atoms with E-state index >= 15 is 0 Å². The number of carbonyl (C=O) groups is 2. The summed E-state index contributed by atoms with van der Waals surface area (Å²) in [5.41, 5.74) is 1.81. The minimum atomic E-state index is -3.70. The molecule has 0 saturated carbocycles. The SMILES string of the molecule is Cc1nc(S(=O)(=O)N2CCC(C(=O)OCC(=O)Nc3ccc(C(C)C)cc3)CC2)cn1C. The monoisotopic (exact) mass is 462 g/mol. The van der Waals surface area contributed by atoms with Crippen molar-refractivity contribution in [1.82, 2.24) is 13.9 Å². The van der Waals surface area contributed by atoms with Crippen LogP contribution < -0.4 is 5.32 Å². The van der Waals surface area contributed by atoms with Crippen molar-refractivity contribution >= 4 is 27.6 Å². The van der Waals surface area contributed by atoms with Crippen LogP contribution in [0.15, 0.2) is 35.5 Å². The van der Waals surface area contributed by atoms with Gasteiger partial charge in [0.2, 0.25) is 0 Å². The quantitative estimate of drug-likeness (QED) is 0.633. The molecule has 0 spiro atoms. The zero-order chi connectivity index (χ0) is 23.5. The van der Waals surface area contributed by atoms with Crippen LogP contribution in [0.4, 0.5) is 5.69 Å². The first-order chi connectivity index (χ1) is 15.1. The number of esters is 1. The Labute approximate surface area is 188 Å². The van der Waals surface area contributed by atoms with Crippen LogP contribution in [-0.2, 0) is 31.4 Å². The van der Waals surface area contributed by atoms with E-state index in [0.29, 0.717) is 30.3 Å². The number of anilines is 1. The highest BCUT2D eigenvalue weighted by atomic mass is 32.2. The highest BCUT2D eigenvalue weighted by Gasteiger charge is 2.34. The number of hydrogen-bond donors (Lipinski definition) is 1. The number of carbonyl (C=O) groups excluding carboxylic acids is 2. The largest absolute Gasteiger partial charge is 0.455 e. The molecule has 1 aromatic heterocycles. The molecule has 0 atom stereocenters. The third kappa shape index (κ3) is 5.55. The van der Waals surface area contributed by atoms with Crippen molar-refractivity contribution in [2.45, 2.75) is 44.6 Å². The molecule has 1 fully saturated rings. The number of amides is 1. The minimum Gasteiger partial charge on any atom is -0.455 e. The van der Waals surface area contributed by atoms with Gasteiger partial charge in [0.1, 0.15) is 5.82 Å². The van der Waals surface area contributed by atoms with Crippen molar-refractivity contribution in [2.24, 2.45) is 13.0 Å². The molecule has 0 aliphatic carbocycles. The number of aromatic nitrogens is 2. The number of hydrogen-bond acceptors (Lipinski definition) is 6. The minimum absolute atomic E-state index is 0.0108. The topological polar surface area (TPSA) is 111 Å². The Morgan fingerprint density at radius 1 is 1.19 bits per heavy atom. The van der Waals surface area contributed by atoms with Gasteiger partial charge in [-0.25, -0.2) is 13.4 Å². The predicted octanol–water partition coefficient (Wildman–Crippen LogP) is 2.43. The number of benzene rings is 1. The van der Waals surface area contributed by atoms with Crippen molar-refractivity contribution in [3.05, 3.63) is 41.9 Å². The van der Waals surface area contributed by atoms with Crippen LogP contribution in [0.1, 0.15) is 44.0 Å². The van der Waals surface area contributed by atoms with Crippen molar-refractivity contribution < 1.29 is 22.7 Å². The fourth-order valence-electron chi connectivity index (χ4n) is 3.52. The van der Waals surface area contributed by atoms with Gasteiger partial charge in [0.15, 0.2) is 11.6 Å². The third-order valence-electron chi connectivity index (χ3n) is 5.68. The number of nitrogens with one attached hydrogen (secondary N) is 1. The van der Waals surface area contributed by atoms with Crippen LogP contribution in [0.2, 0.25) is 0 Å².